The lowest BCUT2D eigenvalue weighted by molar-refractivity contribution is 0.196. The predicted octanol–water partition coefficient (Wildman–Crippen LogP) is 1.95. The zero-order chi connectivity index (χ0) is 13.3. The van der Waals surface area contributed by atoms with E-state index in [2.05, 4.69) is 34.2 Å². The van der Waals surface area contributed by atoms with Gasteiger partial charge in [-0.25, -0.2) is 0 Å². The van der Waals surface area contributed by atoms with Crippen molar-refractivity contribution in [3.8, 4) is 0 Å². The summed E-state index contributed by atoms with van der Waals surface area (Å²) < 4.78 is 5.56. The summed E-state index contributed by atoms with van der Waals surface area (Å²) in [6.07, 6.45) is 4.95. The zero-order valence-corrected chi connectivity index (χ0v) is 12.0. The Bertz CT molecular complexity index is 417. The Hall–Kier alpha value is -1.10. The van der Waals surface area contributed by atoms with Crippen molar-refractivity contribution >= 4 is 5.95 Å². The van der Waals surface area contributed by atoms with Gasteiger partial charge in [0.05, 0.1) is 0 Å². The third-order valence-electron chi connectivity index (χ3n) is 4.67. The molecule has 0 aromatic carbocycles. The van der Waals surface area contributed by atoms with E-state index in [1.54, 1.807) is 0 Å². The number of anilines is 1. The van der Waals surface area contributed by atoms with Gasteiger partial charge in [0.1, 0.15) is 0 Å². The molecule has 0 bridgehead atoms. The SMILES string of the molecule is CC(C)(c1nc(N2CCCC2)no1)C1CCCNC1. The minimum Gasteiger partial charge on any atom is -0.338 e. The molecule has 2 aliphatic heterocycles. The van der Waals surface area contributed by atoms with Gasteiger partial charge in [0.25, 0.3) is 5.95 Å². The quantitative estimate of drug-likeness (QED) is 0.904. The van der Waals surface area contributed by atoms with Crippen LogP contribution in [0.3, 0.4) is 0 Å². The Morgan fingerprint density at radius 1 is 1.26 bits per heavy atom. The fraction of sp³-hybridized carbons (Fsp3) is 0.857. The second kappa shape index (κ2) is 5.12. The van der Waals surface area contributed by atoms with Crippen LogP contribution in [0.2, 0.25) is 0 Å². The maximum Gasteiger partial charge on any atom is 0.266 e. The monoisotopic (exact) mass is 264 g/mol. The smallest absolute Gasteiger partial charge is 0.266 e. The van der Waals surface area contributed by atoms with Crippen molar-refractivity contribution in [1.29, 1.82) is 0 Å². The van der Waals surface area contributed by atoms with Gasteiger partial charge in [-0.05, 0) is 49.8 Å². The molecule has 19 heavy (non-hydrogen) atoms. The molecule has 1 unspecified atom stereocenters. The molecule has 0 spiro atoms. The molecule has 0 saturated carbocycles. The summed E-state index contributed by atoms with van der Waals surface area (Å²) in [5, 5.41) is 7.65. The van der Waals surface area contributed by atoms with E-state index >= 15 is 0 Å². The number of piperidine rings is 1. The molecular weight excluding hydrogens is 240 g/mol. The molecule has 0 amide bonds. The van der Waals surface area contributed by atoms with Gasteiger partial charge in [-0.15, -0.1) is 0 Å². The van der Waals surface area contributed by atoms with Crippen LogP contribution in [-0.2, 0) is 5.41 Å². The number of rotatable bonds is 3. The summed E-state index contributed by atoms with van der Waals surface area (Å²) in [5.74, 6) is 2.15. The van der Waals surface area contributed by atoms with Gasteiger partial charge in [-0.2, -0.15) is 4.98 Å². The normalized spacial score (nSPS) is 24.9. The van der Waals surface area contributed by atoms with Crippen molar-refractivity contribution in [3.63, 3.8) is 0 Å². The van der Waals surface area contributed by atoms with Crippen LogP contribution in [0.4, 0.5) is 5.95 Å². The maximum atomic E-state index is 5.56. The van der Waals surface area contributed by atoms with E-state index in [9.17, 15) is 0 Å². The van der Waals surface area contributed by atoms with Crippen molar-refractivity contribution in [2.45, 2.75) is 44.9 Å². The Morgan fingerprint density at radius 3 is 2.74 bits per heavy atom. The molecule has 2 fully saturated rings. The fourth-order valence-electron chi connectivity index (χ4n) is 3.17. The second-order valence-electron chi connectivity index (χ2n) is 6.36. The summed E-state index contributed by atoms with van der Waals surface area (Å²) in [4.78, 5) is 6.88. The van der Waals surface area contributed by atoms with E-state index in [1.165, 1.54) is 25.7 Å². The van der Waals surface area contributed by atoms with Crippen LogP contribution >= 0.6 is 0 Å². The Balaban J connectivity index is 1.76. The molecule has 5 heteroatoms. The topological polar surface area (TPSA) is 54.2 Å². The molecule has 1 atom stereocenters. The van der Waals surface area contributed by atoms with Crippen LogP contribution in [0.5, 0.6) is 0 Å². The first-order valence-electron chi connectivity index (χ1n) is 7.48. The minimum absolute atomic E-state index is 0.0433. The first-order valence-corrected chi connectivity index (χ1v) is 7.48. The number of aromatic nitrogens is 2. The second-order valence-corrected chi connectivity index (χ2v) is 6.36. The highest BCUT2D eigenvalue weighted by Gasteiger charge is 2.37. The molecule has 0 aliphatic carbocycles. The molecule has 3 heterocycles. The highest BCUT2D eigenvalue weighted by atomic mass is 16.5. The first-order chi connectivity index (χ1) is 9.18. The Kier molecular flexibility index (Phi) is 3.48. The van der Waals surface area contributed by atoms with E-state index in [0.717, 1.165) is 38.0 Å². The van der Waals surface area contributed by atoms with Gasteiger partial charge in [-0.1, -0.05) is 13.8 Å². The van der Waals surface area contributed by atoms with Crippen LogP contribution in [0.15, 0.2) is 4.52 Å². The molecule has 3 rings (SSSR count). The molecular formula is C14H24N4O. The number of hydrogen-bond acceptors (Lipinski definition) is 5. The van der Waals surface area contributed by atoms with Gasteiger partial charge in [0.15, 0.2) is 0 Å². The highest BCUT2D eigenvalue weighted by Crippen LogP contribution is 2.35. The first kappa shape index (κ1) is 12.9. The molecule has 106 valence electrons. The minimum atomic E-state index is -0.0433. The zero-order valence-electron chi connectivity index (χ0n) is 12.0. The number of nitrogens with zero attached hydrogens (tertiary/aromatic N) is 3. The summed E-state index contributed by atoms with van der Waals surface area (Å²) in [5.41, 5.74) is -0.0433. The summed E-state index contributed by atoms with van der Waals surface area (Å²) in [6.45, 7) is 8.76. The van der Waals surface area contributed by atoms with E-state index in [4.69, 9.17) is 4.52 Å². The molecule has 2 saturated heterocycles. The molecule has 0 radical (unpaired) electrons. The summed E-state index contributed by atoms with van der Waals surface area (Å²) in [6, 6.07) is 0. The standard InChI is InChI=1S/C14H24N4O/c1-14(2,11-6-5-7-15-10-11)12-16-13(17-19-12)18-8-3-4-9-18/h11,15H,3-10H2,1-2H3. The summed E-state index contributed by atoms with van der Waals surface area (Å²) >= 11 is 0. The molecule has 5 nitrogen and oxygen atoms in total. The lowest BCUT2D eigenvalue weighted by atomic mass is 9.75. The van der Waals surface area contributed by atoms with Crippen molar-refractivity contribution in [1.82, 2.24) is 15.5 Å². The molecule has 1 aromatic heterocycles. The molecule has 1 N–H and O–H groups in total. The number of hydrogen-bond donors (Lipinski definition) is 1. The van der Waals surface area contributed by atoms with E-state index in [-0.39, 0.29) is 5.41 Å². The van der Waals surface area contributed by atoms with Gasteiger partial charge in [0.2, 0.25) is 5.89 Å². The van der Waals surface area contributed by atoms with Crippen molar-refractivity contribution in [2.75, 3.05) is 31.1 Å². The van der Waals surface area contributed by atoms with Gasteiger partial charge >= 0.3 is 0 Å². The lowest BCUT2D eigenvalue weighted by Crippen LogP contribution is -2.41. The Labute approximate surface area is 114 Å². The van der Waals surface area contributed by atoms with Crippen LogP contribution in [-0.4, -0.2) is 36.3 Å². The highest BCUT2D eigenvalue weighted by molar-refractivity contribution is 5.30. The van der Waals surface area contributed by atoms with E-state index in [0.29, 0.717) is 5.92 Å². The van der Waals surface area contributed by atoms with Gasteiger partial charge in [-0.3, -0.25) is 0 Å². The van der Waals surface area contributed by atoms with Crippen LogP contribution < -0.4 is 10.2 Å². The predicted molar refractivity (Wildman–Crippen MR) is 74.4 cm³/mol. The van der Waals surface area contributed by atoms with Crippen LogP contribution in [0, 0.1) is 5.92 Å². The number of nitrogens with one attached hydrogen (secondary N) is 1. The average Bonchev–Trinajstić information content (AvgIpc) is 3.10. The third-order valence-corrected chi connectivity index (χ3v) is 4.67. The lowest BCUT2D eigenvalue weighted by Gasteiger charge is -2.34. The third kappa shape index (κ3) is 2.48. The van der Waals surface area contributed by atoms with Gasteiger partial charge in [0, 0.05) is 18.5 Å². The van der Waals surface area contributed by atoms with Crippen molar-refractivity contribution in [2.24, 2.45) is 5.92 Å². The molecule has 2 aliphatic rings. The Morgan fingerprint density at radius 2 is 2.05 bits per heavy atom. The average molecular weight is 264 g/mol. The largest absolute Gasteiger partial charge is 0.338 e. The van der Waals surface area contributed by atoms with Gasteiger partial charge < -0.3 is 14.7 Å². The van der Waals surface area contributed by atoms with Crippen LogP contribution in [0.25, 0.3) is 0 Å². The van der Waals surface area contributed by atoms with E-state index < -0.39 is 0 Å². The van der Waals surface area contributed by atoms with E-state index in [1.807, 2.05) is 0 Å². The summed E-state index contributed by atoms with van der Waals surface area (Å²) in [7, 11) is 0. The van der Waals surface area contributed by atoms with Crippen LogP contribution in [0.1, 0.15) is 45.4 Å². The fourth-order valence-corrected chi connectivity index (χ4v) is 3.17. The molecule has 1 aromatic rings. The van der Waals surface area contributed by atoms with Crippen molar-refractivity contribution in [3.05, 3.63) is 5.89 Å². The maximum absolute atomic E-state index is 5.56. The van der Waals surface area contributed by atoms with Crippen molar-refractivity contribution < 1.29 is 4.52 Å².